The maximum Gasteiger partial charge on any atom is 0.338 e. The number of carbonyl (C=O) groups is 1. The van der Waals surface area contributed by atoms with Gasteiger partial charge in [0, 0.05) is 6.54 Å². The van der Waals surface area contributed by atoms with Crippen LogP contribution in [0.1, 0.15) is 53.6 Å². The lowest BCUT2D eigenvalue weighted by molar-refractivity contribution is 0.00532. The third kappa shape index (κ3) is 5.18. The molecular weight excluding hydrogens is 338 g/mol. The summed E-state index contributed by atoms with van der Waals surface area (Å²) in [6, 6.07) is 13.9. The Hall–Kier alpha value is -2.17. The third-order valence-corrected chi connectivity index (χ3v) is 5.35. The largest absolute Gasteiger partial charge is 0.465 e. The van der Waals surface area contributed by atoms with Gasteiger partial charge in [-0.25, -0.2) is 4.79 Å². The Kier molecular flexibility index (Phi) is 7.02. The number of nitrogens with one attached hydrogen (secondary N) is 1. The van der Waals surface area contributed by atoms with Gasteiger partial charge in [-0.15, -0.1) is 0 Å². The summed E-state index contributed by atoms with van der Waals surface area (Å²) in [5.74, 6) is 0.358. The van der Waals surface area contributed by atoms with Gasteiger partial charge in [0.1, 0.15) is 0 Å². The highest BCUT2D eigenvalue weighted by molar-refractivity contribution is 5.97. The van der Waals surface area contributed by atoms with Crippen LogP contribution in [0.4, 0.5) is 0 Å². The molecule has 4 heteroatoms. The molecule has 3 rings (SSSR count). The summed E-state index contributed by atoms with van der Waals surface area (Å²) in [5, 5.41) is 0. The maximum atomic E-state index is 12.2. The number of methoxy groups -OCH3 is 1. The summed E-state index contributed by atoms with van der Waals surface area (Å²) >= 11 is 0. The normalized spacial score (nSPS) is 14.9. The smallest absolute Gasteiger partial charge is 0.338 e. The van der Waals surface area contributed by atoms with Crippen LogP contribution in [-0.4, -0.2) is 19.7 Å². The molecule has 0 atom stereocenters. The molecular formula is C23H29NO3. The number of carbonyl (C=O) groups excluding carboxylic acids is 1. The predicted molar refractivity (Wildman–Crippen MR) is 107 cm³/mol. The zero-order chi connectivity index (χ0) is 19.1. The molecule has 0 aromatic heterocycles. The lowest BCUT2D eigenvalue weighted by Crippen LogP contribution is -2.21. The van der Waals surface area contributed by atoms with Gasteiger partial charge in [0.2, 0.25) is 0 Å². The SMILES string of the molecule is COC(=O)c1ccc(CNOCC2CCCCC2)cc1-c1ccccc1C. The first-order valence-corrected chi connectivity index (χ1v) is 9.81. The van der Waals surface area contributed by atoms with Gasteiger partial charge in [-0.05, 0) is 60.1 Å². The minimum atomic E-state index is -0.318. The number of rotatable bonds is 7. The van der Waals surface area contributed by atoms with E-state index in [9.17, 15) is 4.79 Å². The van der Waals surface area contributed by atoms with E-state index in [0.717, 1.165) is 28.9 Å². The van der Waals surface area contributed by atoms with Crippen molar-refractivity contribution in [3.8, 4) is 11.1 Å². The van der Waals surface area contributed by atoms with E-state index in [4.69, 9.17) is 9.57 Å². The molecule has 0 spiro atoms. The van der Waals surface area contributed by atoms with Crippen LogP contribution in [0.3, 0.4) is 0 Å². The zero-order valence-electron chi connectivity index (χ0n) is 16.3. The van der Waals surface area contributed by atoms with E-state index in [1.54, 1.807) is 0 Å². The molecule has 1 aliphatic rings. The number of ether oxygens (including phenoxy) is 1. The second-order valence-corrected chi connectivity index (χ2v) is 7.32. The Labute approximate surface area is 161 Å². The molecule has 1 saturated carbocycles. The molecule has 4 nitrogen and oxygen atoms in total. The maximum absolute atomic E-state index is 12.2. The Morgan fingerprint density at radius 2 is 1.85 bits per heavy atom. The van der Waals surface area contributed by atoms with Gasteiger partial charge in [-0.1, -0.05) is 49.6 Å². The van der Waals surface area contributed by atoms with Crippen molar-refractivity contribution in [2.75, 3.05) is 13.7 Å². The highest BCUT2D eigenvalue weighted by Crippen LogP contribution is 2.29. The number of hydroxylamine groups is 1. The van der Waals surface area contributed by atoms with Gasteiger partial charge in [-0.3, -0.25) is 0 Å². The van der Waals surface area contributed by atoms with Crippen LogP contribution in [0.15, 0.2) is 42.5 Å². The zero-order valence-corrected chi connectivity index (χ0v) is 16.3. The van der Waals surface area contributed by atoms with Gasteiger partial charge in [0.25, 0.3) is 0 Å². The van der Waals surface area contributed by atoms with E-state index in [0.29, 0.717) is 18.0 Å². The molecule has 144 valence electrons. The number of benzene rings is 2. The van der Waals surface area contributed by atoms with Crippen LogP contribution in [0.2, 0.25) is 0 Å². The van der Waals surface area contributed by atoms with Gasteiger partial charge in [0.15, 0.2) is 0 Å². The molecule has 0 saturated heterocycles. The summed E-state index contributed by atoms with van der Waals surface area (Å²) in [6.07, 6.45) is 6.55. The molecule has 0 unspecified atom stereocenters. The average Bonchev–Trinajstić information content (AvgIpc) is 2.72. The van der Waals surface area contributed by atoms with Crippen molar-refractivity contribution < 1.29 is 14.4 Å². The van der Waals surface area contributed by atoms with Crippen LogP contribution >= 0.6 is 0 Å². The van der Waals surface area contributed by atoms with E-state index in [1.807, 2.05) is 36.4 Å². The van der Waals surface area contributed by atoms with Crippen molar-refractivity contribution >= 4 is 5.97 Å². The van der Waals surface area contributed by atoms with Crippen molar-refractivity contribution in [3.63, 3.8) is 0 Å². The quantitative estimate of drug-likeness (QED) is 0.423. The van der Waals surface area contributed by atoms with E-state index >= 15 is 0 Å². The Bertz CT molecular complexity index is 766. The fourth-order valence-electron chi connectivity index (χ4n) is 3.75. The van der Waals surface area contributed by atoms with Gasteiger partial charge in [0.05, 0.1) is 19.3 Å². The van der Waals surface area contributed by atoms with Crippen LogP contribution < -0.4 is 5.48 Å². The number of esters is 1. The van der Waals surface area contributed by atoms with Crippen molar-refractivity contribution in [2.45, 2.75) is 45.6 Å². The van der Waals surface area contributed by atoms with Crippen LogP contribution in [-0.2, 0) is 16.1 Å². The molecule has 0 aliphatic heterocycles. The highest BCUT2D eigenvalue weighted by atomic mass is 16.6. The van der Waals surface area contributed by atoms with Gasteiger partial charge >= 0.3 is 5.97 Å². The van der Waals surface area contributed by atoms with Gasteiger partial charge in [-0.2, -0.15) is 5.48 Å². The van der Waals surface area contributed by atoms with Crippen molar-refractivity contribution in [2.24, 2.45) is 5.92 Å². The predicted octanol–water partition coefficient (Wildman–Crippen LogP) is 5.05. The van der Waals surface area contributed by atoms with Crippen LogP contribution in [0, 0.1) is 12.8 Å². The molecule has 1 fully saturated rings. The monoisotopic (exact) mass is 367 g/mol. The van der Waals surface area contributed by atoms with Crippen molar-refractivity contribution in [1.82, 2.24) is 5.48 Å². The summed E-state index contributed by atoms with van der Waals surface area (Å²) < 4.78 is 4.96. The topological polar surface area (TPSA) is 47.6 Å². The highest BCUT2D eigenvalue weighted by Gasteiger charge is 2.16. The summed E-state index contributed by atoms with van der Waals surface area (Å²) in [7, 11) is 1.42. The second-order valence-electron chi connectivity index (χ2n) is 7.32. The van der Waals surface area contributed by atoms with Crippen LogP contribution in [0.25, 0.3) is 11.1 Å². The average molecular weight is 367 g/mol. The van der Waals surface area contributed by atoms with E-state index in [1.165, 1.54) is 39.2 Å². The fraction of sp³-hybridized carbons (Fsp3) is 0.435. The number of hydrogen-bond acceptors (Lipinski definition) is 4. The number of aryl methyl sites for hydroxylation is 1. The lowest BCUT2D eigenvalue weighted by Gasteiger charge is -2.21. The lowest BCUT2D eigenvalue weighted by atomic mass is 9.90. The van der Waals surface area contributed by atoms with E-state index in [-0.39, 0.29) is 5.97 Å². The molecule has 2 aromatic rings. The molecule has 1 N–H and O–H groups in total. The Morgan fingerprint density at radius 3 is 2.59 bits per heavy atom. The Balaban J connectivity index is 1.70. The summed E-state index contributed by atoms with van der Waals surface area (Å²) in [5.41, 5.74) is 7.81. The third-order valence-electron chi connectivity index (χ3n) is 5.35. The van der Waals surface area contributed by atoms with Gasteiger partial charge < -0.3 is 9.57 Å². The van der Waals surface area contributed by atoms with E-state index < -0.39 is 0 Å². The van der Waals surface area contributed by atoms with E-state index in [2.05, 4.69) is 18.5 Å². The van der Waals surface area contributed by atoms with Crippen LogP contribution in [0.5, 0.6) is 0 Å². The fourth-order valence-corrected chi connectivity index (χ4v) is 3.75. The number of hydrogen-bond donors (Lipinski definition) is 1. The van der Waals surface area contributed by atoms with Crippen molar-refractivity contribution in [1.29, 1.82) is 0 Å². The minimum Gasteiger partial charge on any atom is -0.465 e. The molecule has 0 amide bonds. The Morgan fingerprint density at radius 1 is 1.07 bits per heavy atom. The summed E-state index contributed by atoms with van der Waals surface area (Å²) in [6.45, 7) is 3.42. The molecule has 0 bridgehead atoms. The molecule has 2 aromatic carbocycles. The first-order valence-electron chi connectivity index (χ1n) is 9.81. The standard InChI is InChI=1S/C23H29NO3/c1-17-8-6-7-11-20(17)22-14-19(12-13-21(22)23(25)26-2)15-24-27-16-18-9-4-3-5-10-18/h6-8,11-14,18,24H,3-5,9-10,15-16H2,1-2H3. The summed E-state index contributed by atoms with van der Waals surface area (Å²) in [4.78, 5) is 17.9. The second kappa shape index (κ2) is 9.67. The molecule has 0 heterocycles. The molecule has 27 heavy (non-hydrogen) atoms. The minimum absolute atomic E-state index is 0.318. The van der Waals surface area contributed by atoms with Crippen molar-refractivity contribution in [3.05, 3.63) is 59.2 Å². The molecule has 1 aliphatic carbocycles. The first-order chi connectivity index (χ1) is 13.2. The first kappa shape index (κ1) is 19.6. The molecule has 0 radical (unpaired) electrons.